The fourth-order valence-corrected chi connectivity index (χ4v) is 2.44. The molecule has 5 nitrogen and oxygen atoms in total. The number of carbonyl (C=O) groups excluding carboxylic acids is 2. The Morgan fingerprint density at radius 2 is 1.88 bits per heavy atom. The van der Waals surface area contributed by atoms with Crippen molar-refractivity contribution in [3.8, 4) is 5.75 Å². The second-order valence-electron chi connectivity index (χ2n) is 5.27. The fraction of sp³-hybridized carbons (Fsp3) is 0.222. The van der Waals surface area contributed by atoms with Gasteiger partial charge in [0.2, 0.25) is 11.8 Å². The zero-order valence-corrected chi connectivity index (χ0v) is 14.3. The van der Waals surface area contributed by atoms with Crippen LogP contribution >= 0.6 is 11.6 Å². The molecular weight excluding hydrogens is 328 g/mol. The summed E-state index contributed by atoms with van der Waals surface area (Å²) in [6, 6.07) is 12.5. The summed E-state index contributed by atoms with van der Waals surface area (Å²) in [5, 5.41) is 6.02. The molecule has 0 aliphatic rings. The molecule has 24 heavy (non-hydrogen) atoms. The Labute approximate surface area is 146 Å². The largest absolute Gasteiger partial charge is 0.496 e. The molecule has 0 bridgehead atoms. The molecule has 2 amide bonds. The van der Waals surface area contributed by atoms with Crippen molar-refractivity contribution in [3.05, 3.63) is 58.6 Å². The highest BCUT2D eigenvalue weighted by Crippen LogP contribution is 2.20. The average Bonchev–Trinajstić information content (AvgIpc) is 2.55. The maximum absolute atomic E-state index is 12.0. The highest BCUT2D eigenvalue weighted by molar-refractivity contribution is 6.30. The Morgan fingerprint density at radius 1 is 1.12 bits per heavy atom. The quantitative estimate of drug-likeness (QED) is 0.788. The summed E-state index contributed by atoms with van der Waals surface area (Å²) in [6.45, 7) is 2.14. The summed E-state index contributed by atoms with van der Waals surface area (Å²) in [5.41, 5.74) is 2.33. The van der Waals surface area contributed by atoms with Crippen molar-refractivity contribution in [3.63, 3.8) is 0 Å². The molecular formula is C18H19ClN2O3. The minimum Gasteiger partial charge on any atom is -0.496 e. The maximum Gasteiger partial charge on any atom is 0.233 e. The van der Waals surface area contributed by atoms with Crippen LogP contribution in [0.15, 0.2) is 42.5 Å². The van der Waals surface area contributed by atoms with Crippen LogP contribution in [0.25, 0.3) is 0 Å². The Bertz CT molecular complexity index is 747. The zero-order chi connectivity index (χ0) is 17.5. The smallest absolute Gasteiger partial charge is 0.233 e. The van der Waals surface area contributed by atoms with Gasteiger partial charge in [0.15, 0.2) is 0 Å². The van der Waals surface area contributed by atoms with Crippen LogP contribution in [0, 0.1) is 6.92 Å². The van der Waals surface area contributed by atoms with Crippen molar-refractivity contribution in [2.45, 2.75) is 19.9 Å². The monoisotopic (exact) mass is 346 g/mol. The van der Waals surface area contributed by atoms with Crippen molar-refractivity contribution in [2.75, 3.05) is 12.4 Å². The first-order valence-corrected chi connectivity index (χ1v) is 7.82. The molecule has 0 radical (unpaired) electrons. The van der Waals surface area contributed by atoms with Gasteiger partial charge in [-0.05, 0) is 36.8 Å². The fourth-order valence-electron chi connectivity index (χ4n) is 2.21. The second kappa shape index (κ2) is 8.36. The molecule has 0 spiro atoms. The molecule has 0 saturated heterocycles. The molecule has 0 aliphatic carbocycles. The van der Waals surface area contributed by atoms with Gasteiger partial charge in [-0.2, -0.15) is 0 Å². The van der Waals surface area contributed by atoms with Gasteiger partial charge in [-0.15, -0.1) is 0 Å². The van der Waals surface area contributed by atoms with Gasteiger partial charge in [0.25, 0.3) is 0 Å². The summed E-state index contributed by atoms with van der Waals surface area (Å²) in [5.74, 6) is -0.0398. The van der Waals surface area contributed by atoms with E-state index in [1.54, 1.807) is 25.3 Å². The Morgan fingerprint density at radius 3 is 2.58 bits per heavy atom. The van der Waals surface area contributed by atoms with Gasteiger partial charge >= 0.3 is 0 Å². The lowest BCUT2D eigenvalue weighted by atomic mass is 10.2. The molecule has 2 aromatic rings. The standard InChI is InChI=1S/C18H19ClN2O3/c1-12-9-14(19)7-8-15(12)21-18(23)10-17(22)20-11-13-5-3-4-6-16(13)24-2/h3-9H,10-11H2,1-2H3,(H,20,22)(H,21,23). The molecule has 0 atom stereocenters. The lowest BCUT2D eigenvalue weighted by molar-refractivity contribution is -0.126. The third-order valence-corrected chi connectivity index (χ3v) is 3.69. The van der Waals surface area contributed by atoms with Gasteiger partial charge in [0.1, 0.15) is 12.2 Å². The number of nitrogens with one attached hydrogen (secondary N) is 2. The highest BCUT2D eigenvalue weighted by atomic mass is 35.5. The van der Waals surface area contributed by atoms with Crippen molar-refractivity contribution in [2.24, 2.45) is 0 Å². The number of carbonyl (C=O) groups is 2. The van der Waals surface area contributed by atoms with Crippen LogP contribution in [0.5, 0.6) is 5.75 Å². The number of benzene rings is 2. The lowest BCUT2D eigenvalue weighted by Crippen LogP contribution is -2.28. The van der Waals surface area contributed by atoms with Gasteiger partial charge in [0.05, 0.1) is 7.11 Å². The molecule has 0 aromatic heterocycles. The Balaban J connectivity index is 1.86. The number of para-hydroxylation sites is 1. The maximum atomic E-state index is 12.0. The van der Waals surface area contributed by atoms with Crippen LogP contribution in [0.3, 0.4) is 0 Å². The van der Waals surface area contributed by atoms with E-state index in [1.807, 2.05) is 31.2 Å². The highest BCUT2D eigenvalue weighted by Gasteiger charge is 2.11. The number of amides is 2. The van der Waals surface area contributed by atoms with E-state index in [0.29, 0.717) is 23.0 Å². The number of anilines is 1. The summed E-state index contributed by atoms with van der Waals surface area (Å²) in [6.07, 6.45) is -0.253. The Hall–Kier alpha value is -2.53. The van der Waals surface area contributed by atoms with E-state index in [1.165, 1.54) is 0 Å². The van der Waals surface area contributed by atoms with Crippen LogP contribution in [-0.4, -0.2) is 18.9 Å². The predicted octanol–water partition coefficient (Wildman–Crippen LogP) is 3.30. The zero-order valence-electron chi connectivity index (χ0n) is 13.6. The first-order chi connectivity index (χ1) is 11.5. The summed E-state index contributed by atoms with van der Waals surface area (Å²) < 4.78 is 5.22. The van der Waals surface area contributed by atoms with Crippen molar-refractivity contribution in [1.82, 2.24) is 5.32 Å². The number of aryl methyl sites for hydroxylation is 1. The van der Waals surface area contributed by atoms with Crippen molar-refractivity contribution >= 4 is 29.1 Å². The molecule has 2 N–H and O–H groups in total. The normalized spacial score (nSPS) is 10.1. The van der Waals surface area contributed by atoms with Crippen LogP contribution in [0.4, 0.5) is 5.69 Å². The van der Waals surface area contributed by atoms with E-state index >= 15 is 0 Å². The van der Waals surface area contributed by atoms with E-state index in [2.05, 4.69) is 10.6 Å². The Kier molecular flexibility index (Phi) is 6.21. The lowest BCUT2D eigenvalue weighted by Gasteiger charge is -2.10. The first kappa shape index (κ1) is 17.8. The van der Waals surface area contributed by atoms with E-state index in [0.717, 1.165) is 11.1 Å². The van der Waals surface area contributed by atoms with Crippen molar-refractivity contribution in [1.29, 1.82) is 0 Å². The average molecular weight is 347 g/mol. The predicted molar refractivity (Wildman–Crippen MR) is 94.3 cm³/mol. The van der Waals surface area contributed by atoms with E-state index in [-0.39, 0.29) is 18.2 Å². The molecule has 6 heteroatoms. The molecule has 0 heterocycles. The first-order valence-electron chi connectivity index (χ1n) is 7.44. The van der Waals surface area contributed by atoms with E-state index in [4.69, 9.17) is 16.3 Å². The minimum absolute atomic E-state index is 0.253. The van der Waals surface area contributed by atoms with Gasteiger partial charge in [0, 0.05) is 22.8 Å². The van der Waals surface area contributed by atoms with Crippen molar-refractivity contribution < 1.29 is 14.3 Å². The van der Waals surface area contributed by atoms with Crippen LogP contribution < -0.4 is 15.4 Å². The summed E-state index contributed by atoms with van der Waals surface area (Å²) >= 11 is 5.87. The number of hydrogen-bond donors (Lipinski definition) is 2. The molecule has 0 aliphatic heterocycles. The topological polar surface area (TPSA) is 67.4 Å². The van der Waals surface area contributed by atoms with Gasteiger partial charge in [-0.25, -0.2) is 0 Å². The molecule has 126 valence electrons. The van der Waals surface area contributed by atoms with Gasteiger partial charge in [-0.3, -0.25) is 9.59 Å². The molecule has 2 rings (SSSR count). The van der Waals surface area contributed by atoms with Crippen LogP contribution in [0.1, 0.15) is 17.5 Å². The molecule has 2 aromatic carbocycles. The number of rotatable bonds is 6. The number of methoxy groups -OCH3 is 1. The number of hydrogen-bond acceptors (Lipinski definition) is 3. The van der Waals surface area contributed by atoms with Crippen LogP contribution in [0.2, 0.25) is 5.02 Å². The SMILES string of the molecule is COc1ccccc1CNC(=O)CC(=O)Nc1ccc(Cl)cc1C. The summed E-state index contributed by atoms with van der Waals surface area (Å²) in [7, 11) is 1.57. The van der Waals surface area contributed by atoms with Gasteiger partial charge in [-0.1, -0.05) is 29.8 Å². The molecule has 0 unspecified atom stereocenters. The minimum atomic E-state index is -0.377. The third kappa shape index (κ3) is 4.99. The molecule has 0 saturated carbocycles. The number of halogens is 1. The van der Waals surface area contributed by atoms with Gasteiger partial charge < -0.3 is 15.4 Å². The van der Waals surface area contributed by atoms with Crippen LogP contribution in [-0.2, 0) is 16.1 Å². The second-order valence-corrected chi connectivity index (χ2v) is 5.71. The number of ether oxygens (including phenoxy) is 1. The van der Waals surface area contributed by atoms with E-state index < -0.39 is 0 Å². The molecule has 0 fully saturated rings. The summed E-state index contributed by atoms with van der Waals surface area (Å²) in [4.78, 5) is 23.9. The third-order valence-electron chi connectivity index (χ3n) is 3.45. The van der Waals surface area contributed by atoms with E-state index in [9.17, 15) is 9.59 Å².